The zero-order valence-electron chi connectivity index (χ0n) is 12.4. The summed E-state index contributed by atoms with van der Waals surface area (Å²) in [7, 11) is 0. The van der Waals surface area contributed by atoms with Crippen molar-refractivity contribution < 1.29 is 5.11 Å². The molecule has 114 valence electrons. The lowest BCUT2D eigenvalue weighted by Crippen LogP contribution is -2.21. The Kier molecular flexibility index (Phi) is 3.38. The molecule has 1 aliphatic rings. The Morgan fingerprint density at radius 2 is 1.74 bits per heavy atom. The van der Waals surface area contributed by atoms with Crippen molar-refractivity contribution >= 4 is 17.5 Å². The van der Waals surface area contributed by atoms with Gasteiger partial charge in [0.25, 0.3) is 0 Å². The number of nitrogens with zero attached hydrogens (tertiary/aromatic N) is 4. The van der Waals surface area contributed by atoms with Crippen LogP contribution in [0.5, 0.6) is 5.75 Å². The van der Waals surface area contributed by atoms with Gasteiger partial charge in [-0.15, -0.1) is 10.2 Å². The Morgan fingerprint density at radius 1 is 1.00 bits per heavy atom. The molecule has 0 fully saturated rings. The second-order valence-electron chi connectivity index (χ2n) is 5.25. The van der Waals surface area contributed by atoms with Gasteiger partial charge in [0, 0.05) is 11.1 Å². The average molecular weight is 322 g/mol. The monoisotopic (exact) mass is 322 g/mol. The first-order valence-electron chi connectivity index (χ1n) is 7.29. The van der Waals surface area contributed by atoms with Crippen LogP contribution in [-0.4, -0.2) is 30.9 Å². The molecule has 1 N–H and O–H groups in total. The number of rotatable bonds is 2. The van der Waals surface area contributed by atoms with E-state index in [1.165, 1.54) is 0 Å². The van der Waals surface area contributed by atoms with E-state index in [4.69, 9.17) is 5.10 Å². The zero-order valence-corrected chi connectivity index (χ0v) is 13.2. The summed E-state index contributed by atoms with van der Waals surface area (Å²) in [6.45, 7) is 2.05. The highest BCUT2D eigenvalue weighted by molar-refractivity contribution is 8.00. The lowest BCUT2D eigenvalue weighted by molar-refractivity contribution is 0.474. The normalized spacial score (nSPS) is 16.7. The third-order valence-electron chi connectivity index (χ3n) is 3.70. The van der Waals surface area contributed by atoms with Crippen LogP contribution in [0.3, 0.4) is 0 Å². The predicted octanol–water partition coefficient (Wildman–Crippen LogP) is 3.40. The zero-order chi connectivity index (χ0) is 15.8. The maximum absolute atomic E-state index is 10.1. The molecule has 1 aromatic heterocycles. The van der Waals surface area contributed by atoms with E-state index < -0.39 is 0 Å². The van der Waals surface area contributed by atoms with Crippen molar-refractivity contribution in [3.05, 3.63) is 60.2 Å². The number of fused-ring (bicyclic) bond motifs is 1. The van der Waals surface area contributed by atoms with Crippen LogP contribution in [0.2, 0.25) is 0 Å². The maximum atomic E-state index is 10.1. The highest BCUT2D eigenvalue weighted by Crippen LogP contribution is 2.34. The molecule has 0 spiro atoms. The molecule has 3 aromatic rings. The number of benzene rings is 2. The van der Waals surface area contributed by atoms with Crippen LogP contribution in [0.15, 0.2) is 64.9 Å². The Morgan fingerprint density at radius 3 is 2.52 bits per heavy atom. The van der Waals surface area contributed by atoms with Crippen LogP contribution < -0.4 is 0 Å². The third kappa shape index (κ3) is 2.41. The van der Waals surface area contributed by atoms with Gasteiger partial charge in [0.1, 0.15) is 5.75 Å². The second-order valence-corrected chi connectivity index (χ2v) is 6.55. The molecule has 0 unspecified atom stereocenters. The summed E-state index contributed by atoms with van der Waals surface area (Å²) >= 11 is 1.59. The lowest BCUT2D eigenvalue weighted by Gasteiger charge is -2.20. The van der Waals surface area contributed by atoms with Crippen molar-refractivity contribution in [3.8, 4) is 17.1 Å². The van der Waals surface area contributed by atoms with Crippen LogP contribution in [0.1, 0.15) is 12.5 Å². The summed E-state index contributed by atoms with van der Waals surface area (Å²) in [4.78, 5) is 0. The van der Waals surface area contributed by atoms with Gasteiger partial charge in [0.2, 0.25) is 5.16 Å². The molecule has 0 bridgehead atoms. The van der Waals surface area contributed by atoms with E-state index >= 15 is 0 Å². The third-order valence-corrected chi connectivity index (χ3v) is 4.74. The van der Waals surface area contributed by atoms with Gasteiger partial charge in [0.05, 0.1) is 11.0 Å². The molecule has 0 amide bonds. The molecular formula is C17H14N4OS. The molecule has 23 heavy (non-hydrogen) atoms. The Hall–Kier alpha value is -2.60. The largest absolute Gasteiger partial charge is 0.507 e. The molecule has 0 aliphatic carbocycles. The van der Waals surface area contributed by atoms with Gasteiger partial charge in [-0.2, -0.15) is 9.78 Å². The summed E-state index contributed by atoms with van der Waals surface area (Å²) in [5.74, 6) is 0.935. The quantitative estimate of drug-likeness (QED) is 0.785. The van der Waals surface area contributed by atoms with Gasteiger partial charge < -0.3 is 5.11 Å². The van der Waals surface area contributed by atoms with E-state index in [2.05, 4.69) is 17.1 Å². The second kappa shape index (κ2) is 5.55. The van der Waals surface area contributed by atoms with Crippen LogP contribution in [-0.2, 0) is 0 Å². The number of phenols is 1. The minimum Gasteiger partial charge on any atom is -0.507 e. The van der Waals surface area contributed by atoms with Crippen LogP contribution in [0, 0.1) is 0 Å². The first-order chi connectivity index (χ1) is 11.2. The molecule has 5 nitrogen and oxygen atoms in total. The topological polar surface area (TPSA) is 63.3 Å². The van der Waals surface area contributed by atoms with Crippen molar-refractivity contribution in [1.82, 2.24) is 14.9 Å². The number of phenolic OH excluding ortho intramolecular Hbond substituents is 1. The van der Waals surface area contributed by atoms with Gasteiger partial charge >= 0.3 is 0 Å². The predicted molar refractivity (Wildman–Crippen MR) is 90.8 cm³/mol. The molecule has 2 heterocycles. The Bertz CT molecular complexity index is 889. The summed E-state index contributed by atoms with van der Waals surface area (Å²) in [5.41, 5.74) is 2.52. The average Bonchev–Trinajstić information content (AvgIpc) is 2.98. The van der Waals surface area contributed by atoms with E-state index in [9.17, 15) is 5.11 Å². The molecule has 6 heteroatoms. The summed E-state index contributed by atoms with van der Waals surface area (Å²) in [6.07, 6.45) is 0. The van der Waals surface area contributed by atoms with E-state index in [0.717, 1.165) is 22.0 Å². The molecule has 2 aromatic carbocycles. The number of thioether (sulfide) groups is 1. The molecule has 0 radical (unpaired) electrons. The van der Waals surface area contributed by atoms with Crippen LogP contribution in [0.4, 0.5) is 0 Å². The fraction of sp³-hybridized carbons (Fsp3) is 0.118. The number of hydrogen-bond acceptors (Lipinski definition) is 5. The highest BCUT2D eigenvalue weighted by Gasteiger charge is 2.27. The number of para-hydroxylation sites is 1. The molecule has 1 atom stereocenters. The number of hydrogen-bond donors (Lipinski definition) is 1. The van der Waals surface area contributed by atoms with E-state index in [0.29, 0.717) is 5.82 Å². The Labute approximate surface area is 137 Å². The fourth-order valence-corrected chi connectivity index (χ4v) is 3.48. The number of aromatic nitrogens is 3. The first-order valence-corrected chi connectivity index (χ1v) is 8.17. The Balaban J connectivity index is 1.87. The fourth-order valence-electron chi connectivity index (χ4n) is 2.56. The van der Waals surface area contributed by atoms with Crippen molar-refractivity contribution in [2.24, 2.45) is 5.10 Å². The van der Waals surface area contributed by atoms with E-state index in [-0.39, 0.29) is 11.0 Å². The standard InChI is InChI=1S/C17H14N4OS/c1-11-15(13-9-5-6-10-14(13)22)20-21-16(18-19-17(21)23-11)12-7-3-2-4-8-12/h2-11,22H,1H3/t11-/m0/s1. The van der Waals surface area contributed by atoms with Gasteiger partial charge in [-0.3, -0.25) is 0 Å². The molecular weight excluding hydrogens is 308 g/mol. The molecule has 4 rings (SSSR count). The maximum Gasteiger partial charge on any atom is 0.213 e. The SMILES string of the molecule is C[C@@H]1Sc2nnc(-c3ccccc3)n2N=C1c1ccccc1O. The van der Waals surface area contributed by atoms with Gasteiger partial charge in [-0.05, 0) is 19.1 Å². The van der Waals surface area contributed by atoms with Gasteiger partial charge in [-0.25, -0.2) is 0 Å². The van der Waals surface area contributed by atoms with Crippen molar-refractivity contribution in [3.63, 3.8) is 0 Å². The smallest absolute Gasteiger partial charge is 0.213 e. The minimum atomic E-state index is 0.0867. The summed E-state index contributed by atoms with van der Waals surface area (Å²) < 4.78 is 1.75. The first kappa shape index (κ1) is 14.0. The van der Waals surface area contributed by atoms with E-state index in [1.807, 2.05) is 42.5 Å². The summed E-state index contributed by atoms with van der Waals surface area (Å²) in [6, 6.07) is 17.1. The van der Waals surface area contributed by atoms with Crippen LogP contribution >= 0.6 is 11.8 Å². The minimum absolute atomic E-state index is 0.0867. The molecule has 0 saturated carbocycles. The van der Waals surface area contributed by atoms with Crippen molar-refractivity contribution in [2.75, 3.05) is 0 Å². The van der Waals surface area contributed by atoms with Crippen LogP contribution in [0.25, 0.3) is 11.4 Å². The van der Waals surface area contributed by atoms with Gasteiger partial charge in [-0.1, -0.05) is 54.2 Å². The van der Waals surface area contributed by atoms with Crippen molar-refractivity contribution in [2.45, 2.75) is 17.3 Å². The highest BCUT2D eigenvalue weighted by atomic mass is 32.2. The molecule has 1 aliphatic heterocycles. The molecule has 0 saturated heterocycles. The van der Waals surface area contributed by atoms with Crippen molar-refractivity contribution in [1.29, 1.82) is 0 Å². The van der Waals surface area contributed by atoms with Gasteiger partial charge in [0.15, 0.2) is 5.82 Å². The van der Waals surface area contributed by atoms with E-state index in [1.54, 1.807) is 28.6 Å². The summed E-state index contributed by atoms with van der Waals surface area (Å²) in [5, 5.41) is 24.2. The number of aromatic hydroxyl groups is 1. The lowest BCUT2D eigenvalue weighted by atomic mass is 10.1.